The van der Waals surface area contributed by atoms with Crippen LogP contribution in [0.3, 0.4) is 0 Å². The van der Waals surface area contributed by atoms with Crippen molar-refractivity contribution in [2.45, 2.75) is 139 Å². The number of amides is 4. The normalized spacial score (nSPS) is 32.3. The van der Waals surface area contributed by atoms with Crippen LogP contribution in [0.5, 0.6) is 17.4 Å². The minimum Gasteiger partial charge on any atom is -0.486 e. The topological polar surface area (TPSA) is 203 Å². The number of rotatable bonds is 8. The summed E-state index contributed by atoms with van der Waals surface area (Å²) in [4.78, 5) is 61.7. The van der Waals surface area contributed by atoms with Gasteiger partial charge in [-0.1, -0.05) is 19.1 Å². The van der Waals surface area contributed by atoms with E-state index in [4.69, 9.17) is 18.9 Å². The molecule has 8 atom stereocenters. The van der Waals surface area contributed by atoms with Crippen LogP contribution in [-0.4, -0.2) is 118 Å². The lowest BCUT2D eigenvalue weighted by Crippen LogP contribution is -2.65. The van der Waals surface area contributed by atoms with Crippen molar-refractivity contribution in [2.24, 2.45) is 5.92 Å². The molecule has 3 N–H and O–H groups in total. The second-order valence-corrected chi connectivity index (χ2v) is 19.0. The number of ether oxygens (including phenoxy) is 4. The Morgan fingerprint density at radius 3 is 2.51 bits per heavy atom. The number of nitrogens with zero attached hydrogens (tertiary/aromatic N) is 3. The Kier molecular flexibility index (Phi) is 10.8. The van der Waals surface area contributed by atoms with Crippen molar-refractivity contribution in [2.75, 3.05) is 13.2 Å². The summed E-state index contributed by atoms with van der Waals surface area (Å²) in [6.45, 7) is 9.38. The van der Waals surface area contributed by atoms with Crippen LogP contribution in [-0.2, 0) is 29.1 Å². The van der Waals surface area contributed by atoms with E-state index in [-0.39, 0.29) is 35.6 Å². The molecule has 5 aliphatic rings. The number of carbonyl (C=O) groups is 4. The van der Waals surface area contributed by atoms with Gasteiger partial charge in [0.1, 0.15) is 30.8 Å². The van der Waals surface area contributed by atoms with Gasteiger partial charge in [-0.25, -0.2) is 18.2 Å². The average Bonchev–Trinajstić information content (AvgIpc) is 4.09. The molecule has 4 amide bonds. The van der Waals surface area contributed by atoms with Crippen LogP contribution >= 0.6 is 0 Å². The Balaban J connectivity index is 1.34. The van der Waals surface area contributed by atoms with Crippen molar-refractivity contribution in [1.29, 1.82) is 0 Å². The highest BCUT2D eigenvalue weighted by Crippen LogP contribution is 2.52. The third kappa shape index (κ3) is 7.31. The van der Waals surface area contributed by atoms with Crippen LogP contribution in [0.15, 0.2) is 36.5 Å². The van der Waals surface area contributed by atoms with Gasteiger partial charge in [0.05, 0.1) is 17.0 Å². The standard InChI is InChI=1S/C40H51F2N5O11S/c1-7-22(2)46(36(51)52)30-24(4)57-23(3)10-8-9-11-25-20-39(25,35(50)45-59(53,54)37(5)15-16-37)44-32(48)28-21-38(6,40(41,42)47(28)34(30)49)58-33-27-12-13-29-31(56-19-18-55-29)26(27)14-17-43-33/h9,11-14,17,22-25,28,30H,7-8,10,15-16,18-21H2,1-6H3,(H,44,48)(H,45,50)(H,51,52)/b11-9-/t22?,23-,24+,25-,28+,30+,38-,39?/m1/s1. The molecule has 1 aromatic carbocycles. The molecule has 2 unspecified atom stereocenters. The number of alkyl halides is 2. The third-order valence-electron chi connectivity index (χ3n) is 12.5. The van der Waals surface area contributed by atoms with Crippen molar-refractivity contribution in [1.82, 2.24) is 24.8 Å². The fourth-order valence-electron chi connectivity index (χ4n) is 8.30. The molecule has 1 aromatic heterocycles. The van der Waals surface area contributed by atoms with Gasteiger partial charge in [0.15, 0.2) is 17.1 Å². The minimum absolute atomic E-state index is 0.0419. The molecule has 59 heavy (non-hydrogen) atoms. The molecule has 322 valence electrons. The predicted octanol–water partition coefficient (Wildman–Crippen LogP) is 4.50. The first-order valence-corrected chi connectivity index (χ1v) is 21.5. The Morgan fingerprint density at radius 1 is 1.12 bits per heavy atom. The summed E-state index contributed by atoms with van der Waals surface area (Å²) in [6.07, 6.45) is 1.99. The maximum Gasteiger partial charge on any atom is 0.408 e. The number of benzene rings is 1. The lowest BCUT2D eigenvalue weighted by atomic mass is 9.99. The van der Waals surface area contributed by atoms with E-state index in [0.717, 1.165) is 11.8 Å². The summed E-state index contributed by atoms with van der Waals surface area (Å²) in [5.41, 5.74) is -4.56. The lowest BCUT2D eigenvalue weighted by molar-refractivity contribution is -0.220. The van der Waals surface area contributed by atoms with Crippen LogP contribution in [0.2, 0.25) is 0 Å². The van der Waals surface area contributed by atoms with Gasteiger partial charge in [0.25, 0.3) is 11.8 Å². The highest BCUT2D eigenvalue weighted by atomic mass is 32.2. The van der Waals surface area contributed by atoms with Gasteiger partial charge in [0, 0.05) is 35.3 Å². The number of hydrogen-bond donors (Lipinski definition) is 3. The Hall–Kier alpha value is -4.78. The van der Waals surface area contributed by atoms with E-state index in [2.05, 4.69) is 15.0 Å². The minimum atomic E-state index is -4.34. The van der Waals surface area contributed by atoms with Gasteiger partial charge in [-0.15, -0.1) is 0 Å². The van der Waals surface area contributed by atoms with Gasteiger partial charge in [-0.2, -0.15) is 8.78 Å². The molecule has 19 heteroatoms. The zero-order chi connectivity index (χ0) is 42.9. The van der Waals surface area contributed by atoms with Crippen LogP contribution in [0.1, 0.15) is 86.5 Å². The van der Waals surface area contributed by atoms with Crippen LogP contribution in [0.4, 0.5) is 13.6 Å². The van der Waals surface area contributed by atoms with E-state index in [1.807, 2.05) is 0 Å². The molecule has 0 radical (unpaired) electrons. The zero-order valence-corrected chi connectivity index (χ0v) is 34.6. The van der Waals surface area contributed by atoms with E-state index in [1.165, 1.54) is 27.0 Å². The zero-order valence-electron chi connectivity index (χ0n) is 33.8. The number of fused-ring (bicyclic) bond motifs is 5. The van der Waals surface area contributed by atoms with Crippen LogP contribution in [0, 0.1) is 5.92 Å². The number of halogens is 2. The largest absolute Gasteiger partial charge is 0.486 e. The van der Waals surface area contributed by atoms with Crippen molar-refractivity contribution in [3.05, 3.63) is 36.5 Å². The number of hydrogen-bond acceptors (Lipinski definition) is 11. The highest BCUT2D eigenvalue weighted by Gasteiger charge is 2.71. The summed E-state index contributed by atoms with van der Waals surface area (Å²) >= 11 is 0. The van der Waals surface area contributed by atoms with Crippen molar-refractivity contribution >= 4 is 44.6 Å². The predicted molar refractivity (Wildman–Crippen MR) is 207 cm³/mol. The van der Waals surface area contributed by atoms with Crippen LogP contribution in [0.25, 0.3) is 10.8 Å². The van der Waals surface area contributed by atoms with Gasteiger partial charge in [0.2, 0.25) is 21.8 Å². The maximum absolute atomic E-state index is 17.6. The third-order valence-corrected chi connectivity index (χ3v) is 14.7. The molecule has 7 rings (SSSR count). The fraction of sp³-hybridized carbons (Fsp3) is 0.625. The second-order valence-electron chi connectivity index (χ2n) is 16.8. The molecule has 3 fully saturated rings. The molecule has 4 heterocycles. The molecule has 0 bridgehead atoms. The average molecular weight is 848 g/mol. The molecule has 2 aromatic rings. The van der Waals surface area contributed by atoms with E-state index in [9.17, 15) is 27.9 Å². The summed E-state index contributed by atoms with van der Waals surface area (Å²) < 4.78 is 86.5. The van der Waals surface area contributed by atoms with E-state index < -0.39 is 98.4 Å². The van der Waals surface area contributed by atoms with Crippen molar-refractivity contribution < 1.29 is 60.4 Å². The monoisotopic (exact) mass is 847 g/mol. The SMILES string of the molecule is CCC(C)N(C(=O)O)[C@@H]1C(=O)N2[C@@H](C[C@@](C)(Oc3nccc4c5c(ccc34)OCCO5)C2(F)F)C(=O)NC2(C(=O)NS(=O)(=O)C3(C)CC3)C[C@H]2/C=C\CC[C@@H](C)O[C@H]1C. The molecule has 0 spiro atoms. The summed E-state index contributed by atoms with van der Waals surface area (Å²) in [5, 5.41) is 13.8. The number of pyridine rings is 1. The quantitative estimate of drug-likeness (QED) is 0.248. The Bertz CT molecular complexity index is 2190. The summed E-state index contributed by atoms with van der Waals surface area (Å²) in [6, 6.07) is -4.40. The first kappa shape index (κ1) is 42.3. The smallest absolute Gasteiger partial charge is 0.408 e. The van der Waals surface area contributed by atoms with Crippen molar-refractivity contribution in [3.63, 3.8) is 0 Å². The van der Waals surface area contributed by atoms with Gasteiger partial charge >= 0.3 is 12.1 Å². The van der Waals surface area contributed by atoms with E-state index in [0.29, 0.717) is 49.2 Å². The van der Waals surface area contributed by atoms with E-state index in [1.54, 1.807) is 44.2 Å². The molecule has 2 aliphatic carbocycles. The summed E-state index contributed by atoms with van der Waals surface area (Å²) in [5.74, 6) is -3.88. The van der Waals surface area contributed by atoms with Gasteiger partial charge in [-0.3, -0.25) is 28.9 Å². The molecule has 16 nitrogen and oxygen atoms in total. The van der Waals surface area contributed by atoms with Crippen LogP contribution < -0.4 is 24.2 Å². The molecule has 2 saturated carbocycles. The second kappa shape index (κ2) is 15.0. The number of carboxylic acid groups (broad SMARTS) is 1. The van der Waals surface area contributed by atoms with Crippen molar-refractivity contribution in [3.8, 4) is 17.4 Å². The Labute approximate surface area is 341 Å². The van der Waals surface area contributed by atoms with Gasteiger partial charge < -0.3 is 29.4 Å². The first-order valence-electron chi connectivity index (χ1n) is 20.0. The number of carbonyl (C=O) groups excluding carboxylic acids is 3. The number of sulfonamides is 1. The molecule has 1 saturated heterocycles. The van der Waals surface area contributed by atoms with E-state index >= 15 is 13.6 Å². The maximum atomic E-state index is 17.6. The first-order chi connectivity index (χ1) is 27.7. The number of aromatic nitrogens is 1. The molecule has 3 aliphatic heterocycles. The molecular weight excluding hydrogens is 797 g/mol. The lowest BCUT2D eigenvalue weighted by Gasteiger charge is -2.42. The Morgan fingerprint density at radius 2 is 1.83 bits per heavy atom. The van der Waals surface area contributed by atoms with Gasteiger partial charge in [-0.05, 0) is 91.3 Å². The fourth-order valence-corrected chi connectivity index (χ4v) is 9.62. The summed E-state index contributed by atoms with van der Waals surface area (Å²) in [7, 11) is -4.18. The number of allylic oxidation sites excluding steroid dienone is 1. The highest BCUT2D eigenvalue weighted by molar-refractivity contribution is 7.91. The number of nitrogens with one attached hydrogen (secondary N) is 2. The molecular formula is C40H51F2N5O11S.